The first kappa shape index (κ1) is 16.1. The van der Waals surface area contributed by atoms with Crippen LogP contribution in [0.25, 0.3) is 5.57 Å². The topological polar surface area (TPSA) is 3.24 Å². The predicted octanol–water partition coefficient (Wildman–Crippen LogP) is 7.06. The van der Waals surface area contributed by atoms with Crippen LogP contribution in [-0.4, -0.2) is 11.5 Å². The SMILES string of the molecule is c1ccc(N2c3ccccc3C(=C3SCCCS3)c3ccccc32)cc1. The number of hydrogen-bond acceptors (Lipinski definition) is 3. The third-order valence-corrected chi connectivity index (χ3v) is 7.43. The molecule has 1 fully saturated rings. The second-order valence-corrected chi connectivity index (χ2v) is 8.89. The summed E-state index contributed by atoms with van der Waals surface area (Å²) in [5.74, 6) is 2.44. The maximum Gasteiger partial charge on any atom is 0.0541 e. The first-order chi connectivity index (χ1) is 12.9. The minimum atomic E-state index is 1.21. The van der Waals surface area contributed by atoms with Gasteiger partial charge in [0.15, 0.2) is 0 Å². The van der Waals surface area contributed by atoms with Crippen molar-refractivity contribution in [2.24, 2.45) is 0 Å². The maximum atomic E-state index is 2.40. The Morgan fingerprint density at radius 2 is 1.15 bits per heavy atom. The molecule has 0 radical (unpaired) electrons. The van der Waals surface area contributed by atoms with E-state index in [-0.39, 0.29) is 0 Å². The number of nitrogens with zero attached hydrogens (tertiary/aromatic N) is 1. The molecule has 2 heterocycles. The summed E-state index contributed by atoms with van der Waals surface area (Å²) in [5.41, 5.74) is 7.84. The van der Waals surface area contributed by atoms with E-state index in [4.69, 9.17) is 0 Å². The van der Waals surface area contributed by atoms with Crippen LogP contribution in [0.3, 0.4) is 0 Å². The van der Waals surface area contributed by atoms with Gasteiger partial charge in [0, 0.05) is 26.6 Å². The highest BCUT2D eigenvalue weighted by Crippen LogP contribution is 2.53. The van der Waals surface area contributed by atoms with Crippen molar-refractivity contribution in [1.82, 2.24) is 0 Å². The monoisotopic (exact) mass is 373 g/mol. The summed E-state index contributed by atoms with van der Waals surface area (Å²) in [6.07, 6.45) is 1.30. The minimum Gasteiger partial charge on any atom is -0.309 e. The Morgan fingerprint density at radius 3 is 1.77 bits per heavy atom. The van der Waals surface area contributed by atoms with Crippen molar-refractivity contribution >= 4 is 46.2 Å². The molecule has 1 nitrogen and oxygen atoms in total. The fourth-order valence-electron chi connectivity index (χ4n) is 3.68. The largest absolute Gasteiger partial charge is 0.309 e. The van der Waals surface area contributed by atoms with Gasteiger partial charge in [0.05, 0.1) is 11.4 Å². The van der Waals surface area contributed by atoms with Gasteiger partial charge in [-0.25, -0.2) is 0 Å². The molecule has 1 saturated heterocycles. The lowest BCUT2D eigenvalue weighted by atomic mass is 9.91. The number of benzene rings is 3. The second kappa shape index (κ2) is 6.90. The molecule has 3 aromatic carbocycles. The van der Waals surface area contributed by atoms with Gasteiger partial charge < -0.3 is 4.90 Å². The van der Waals surface area contributed by atoms with Gasteiger partial charge in [-0.15, -0.1) is 23.5 Å². The molecule has 0 unspecified atom stereocenters. The molecule has 2 aliphatic heterocycles. The van der Waals surface area contributed by atoms with Crippen molar-refractivity contribution in [2.75, 3.05) is 16.4 Å². The maximum absolute atomic E-state index is 2.40. The molecule has 3 aromatic rings. The predicted molar refractivity (Wildman–Crippen MR) is 117 cm³/mol. The van der Waals surface area contributed by atoms with E-state index in [1.807, 2.05) is 23.5 Å². The Hall–Kier alpha value is -2.10. The lowest BCUT2D eigenvalue weighted by molar-refractivity contribution is 1.12. The molecule has 2 aliphatic rings. The van der Waals surface area contributed by atoms with Gasteiger partial charge in [-0.05, 0) is 42.2 Å². The Morgan fingerprint density at radius 1 is 0.615 bits per heavy atom. The average molecular weight is 374 g/mol. The Kier molecular flexibility index (Phi) is 4.27. The third kappa shape index (κ3) is 2.67. The molecule has 3 heteroatoms. The Labute approximate surface area is 163 Å². The number of thioether (sulfide) groups is 2. The minimum absolute atomic E-state index is 1.21. The summed E-state index contributed by atoms with van der Waals surface area (Å²) >= 11 is 4.04. The van der Waals surface area contributed by atoms with E-state index in [1.54, 1.807) is 0 Å². The highest BCUT2D eigenvalue weighted by molar-refractivity contribution is 8.23. The first-order valence-corrected chi connectivity index (χ1v) is 10.9. The molecular formula is C23H19NS2. The summed E-state index contributed by atoms with van der Waals surface area (Å²) in [6, 6.07) is 28.3. The zero-order valence-electron chi connectivity index (χ0n) is 14.4. The Bertz CT molecular complexity index is 921. The lowest BCUT2D eigenvalue weighted by Gasteiger charge is -2.36. The van der Waals surface area contributed by atoms with Gasteiger partial charge in [-0.1, -0.05) is 54.6 Å². The van der Waals surface area contributed by atoms with Crippen LogP contribution in [-0.2, 0) is 0 Å². The standard InChI is InChI=1S/C23H19NS2/c1-2-9-17(10-3-1)24-20-13-6-4-11-18(20)22(23-25-15-8-16-26-23)19-12-5-7-14-21(19)24/h1-7,9-14H,8,15-16H2. The summed E-state index contributed by atoms with van der Waals surface area (Å²) in [5, 5.41) is 0. The molecule has 0 amide bonds. The van der Waals surface area contributed by atoms with Crippen LogP contribution >= 0.6 is 23.5 Å². The molecule has 0 spiro atoms. The molecule has 0 atom stereocenters. The van der Waals surface area contributed by atoms with Gasteiger partial charge in [0.2, 0.25) is 0 Å². The first-order valence-electron chi connectivity index (χ1n) is 8.97. The summed E-state index contributed by atoms with van der Waals surface area (Å²) < 4.78 is 1.48. The van der Waals surface area contributed by atoms with E-state index in [1.165, 1.54) is 55.9 Å². The van der Waals surface area contributed by atoms with E-state index in [0.717, 1.165) is 0 Å². The lowest BCUT2D eigenvalue weighted by Crippen LogP contribution is -2.18. The van der Waals surface area contributed by atoms with Gasteiger partial charge in [-0.2, -0.15) is 0 Å². The molecule has 0 aromatic heterocycles. The van der Waals surface area contributed by atoms with Crippen LogP contribution in [0.2, 0.25) is 0 Å². The van der Waals surface area contributed by atoms with Gasteiger partial charge in [0.1, 0.15) is 0 Å². The quantitative estimate of drug-likeness (QED) is 0.352. The zero-order chi connectivity index (χ0) is 17.3. The number of anilines is 3. The Balaban J connectivity index is 1.80. The van der Waals surface area contributed by atoms with Crippen LogP contribution in [0.4, 0.5) is 17.1 Å². The smallest absolute Gasteiger partial charge is 0.0541 e. The normalized spacial score (nSPS) is 16.2. The molecule has 0 aliphatic carbocycles. The van der Waals surface area contributed by atoms with Gasteiger partial charge in [0.25, 0.3) is 0 Å². The van der Waals surface area contributed by atoms with Crippen molar-refractivity contribution in [1.29, 1.82) is 0 Å². The van der Waals surface area contributed by atoms with Crippen LogP contribution in [0.15, 0.2) is 83.1 Å². The number of para-hydroxylation sites is 3. The van der Waals surface area contributed by atoms with Gasteiger partial charge in [-0.3, -0.25) is 0 Å². The molecule has 5 rings (SSSR count). The fourth-order valence-corrected chi connectivity index (χ4v) is 6.38. The van der Waals surface area contributed by atoms with Crippen LogP contribution in [0.1, 0.15) is 17.5 Å². The number of fused-ring (bicyclic) bond motifs is 2. The summed E-state index contributed by atoms with van der Waals surface area (Å²) in [4.78, 5) is 2.40. The van der Waals surface area contributed by atoms with E-state index in [9.17, 15) is 0 Å². The fraction of sp³-hybridized carbons (Fsp3) is 0.130. The number of rotatable bonds is 1. The van der Waals surface area contributed by atoms with Crippen molar-refractivity contribution in [3.8, 4) is 0 Å². The summed E-state index contributed by atoms with van der Waals surface area (Å²) in [6.45, 7) is 0. The van der Waals surface area contributed by atoms with Crippen LogP contribution < -0.4 is 4.90 Å². The highest BCUT2D eigenvalue weighted by atomic mass is 32.2. The molecule has 0 N–H and O–H groups in total. The van der Waals surface area contributed by atoms with Crippen molar-refractivity contribution < 1.29 is 0 Å². The molecule has 128 valence electrons. The van der Waals surface area contributed by atoms with E-state index >= 15 is 0 Å². The van der Waals surface area contributed by atoms with Crippen LogP contribution in [0, 0.1) is 0 Å². The zero-order valence-corrected chi connectivity index (χ0v) is 16.0. The van der Waals surface area contributed by atoms with E-state index in [2.05, 4.69) is 83.8 Å². The summed E-state index contributed by atoms with van der Waals surface area (Å²) in [7, 11) is 0. The third-order valence-electron chi connectivity index (χ3n) is 4.80. The van der Waals surface area contributed by atoms with Crippen molar-refractivity contribution in [3.63, 3.8) is 0 Å². The second-order valence-electron chi connectivity index (χ2n) is 6.42. The van der Waals surface area contributed by atoms with Crippen molar-refractivity contribution in [3.05, 3.63) is 94.2 Å². The van der Waals surface area contributed by atoms with Crippen molar-refractivity contribution in [2.45, 2.75) is 6.42 Å². The van der Waals surface area contributed by atoms with Crippen LogP contribution in [0.5, 0.6) is 0 Å². The average Bonchev–Trinajstić information content (AvgIpc) is 2.73. The molecule has 26 heavy (non-hydrogen) atoms. The molecule has 0 bridgehead atoms. The van der Waals surface area contributed by atoms with E-state index in [0.29, 0.717) is 0 Å². The molecular weight excluding hydrogens is 354 g/mol. The van der Waals surface area contributed by atoms with Gasteiger partial charge >= 0.3 is 0 Å². The highest BCUT2D eigenvalue weighted by Gasteiger charge is 2.29. The number of hydrogen-bond donors (Lipinski definition) is 0. The molecule has 0 saturated carbocycles. The van der Waals surface area contributed by atoms with E-state index < -0.39 is 0 Å².